The molecular weight excluding hydrogens is 110 g/mol. The average molecular weight is 120 g/mol. The summed E-state index contributed by atoms with van der Waals surface area (Å²) in [7, 11) is 0. The molecule has 2 atom stereocenters. The first-order valence-electron chi connectivity index (χ1n) is 3.46. The van der Waals surface area contributed by atoms with Crippen LogP contribution in [0, 0.1) is 12.0 Å². The van der Waals surface area contributed by atoms with Gasteiger partial charge in [0.1, 0.15) is 0 Å². The predicted molar refractivity (Wildman–Crippen MR) is 36.9 cm³/mol. The van der Waals surface area contributed by atoms with Crippen molar-refractivity contribution in [2.24, 2.45) is 5.92 Å². The Labute approximate surface area is 55.5 Å². The van der Waals surface area contributed by atoms with E-state index >= 15 is 0 Å². The highest BCUT2D eigenvalue weighted by atomic mass is 14.9. The summed E-state index contributed by atoms with van der Waals surface area (Å²) >= 11 is 0. The van der Waals surface area contributed by atoms with Crippen molar-refractivity contribution in [3.05, 3.63) is 24.3 Å². The number of rotatable bonds is 0. The minimum atomic E-state index is 0.523. The molecule has 2 rings (SSSR count). The number of hydrogen-bond donors (Lipinski definition) is 1. The molecule has 1 heterocycles. The zero-order valence-electron chi connectivity index (χ0n) is 5.30. The molecular formula is C8H10N. The summed E-state index contributed by atoms with van der Waals surface area (Å²) in [6.07, 6.45) is 10.9. The molecule has 0 spiro atoms. The van der Waals surface area contributed by atoms with Crippen LogP contribution >= 0.6 is 0 Å². The van der Waals surface area contributed by atoms with Crippen molar-refractivity contribution >= 4 is 0 Å². The molecule has 0 aromatic heterocycles. The number of hydrogen-bond acceptors (Lipinski definition) is 1. The molecule has 47 valence electrons. The molecule has 0 bridgehead atoms. The lowest BCUT2D eigenvalue weighted by molar-refractivity contribution is 0.599. The molecule has 1 radical (unpaired) electrons. The fourth-order valence-electron chi connectivity index (χ4n) is 1.47. The van der Waals surface area contributed by atoms with Gasteiger partial charge < -0.3 is 5.32 Å². The van der Waals surface area contributed by atoms with Gasteiger partial charge in [0.25, 0.3) is 0 Å². The van der Waals surface area contributed by atoms with Crippen LogP contribution in [0.1, 0.15) is 6.42 Å². The van der Waals surface area contributed by atoms with Crippen LogP contribution < -0.4 is 5.32 Å². The summed E-state index contributed by atoms with van der Waals surface area (Å²) in [6, 6.07) is 0.523. The highest BCUT2D eigenvalue weighted by Crippen LogP contribution is 2.19. The third kappa shape index (κ3) is 0.815. The largest absolute Gasteiger partial charge is 0.309 e. The maximum Gasteiger partial charge on any atom is 0.0387 e. The Morgan fingerprint density at radius 2 is 2.56 bits per heavy atom. The van der Waals surface area contributed by atoms with E-state index in [1.54, 1.807) is 0 Å². The number of allylic oxidation sites excluding steroid dienone is 2. The molecule has 1 N–H and O–H groups in total. The molecule has 0 saturated carbocycles. The molecule has 1 nitrogen and oxygen atoms in total. The zero-order valence-corrected chi connectivity index (χ0v) is 5.30. The van der Waals surface area contributed by atoms with E-state index < -0.39 is 0 Å². The van der Waals surface area contributed by atoms with Gasteiger partial charge in [-0.05, 0) is 25.0 Å². The number of nitrogens with one attached hydrogen (secondary N) is 1. The summed E-state index contributed by atoms with van der Waals surface area (Å²) in [5.41, 5.74) is 0. The van der Waals surface area contributed by atoms with Gasteiger partial charge in [0.05, 0.1) is 0 Å². The van der Waals surface area contributed by atoms with E-state index in [1.807, 2.05) is 6.08 Å². The van der Waals surface area contributed by atoms with Crippen LogP contribution in [0.15, 0.2) is 18.2 Å². The normalized spacial score (nSPS) is 39.1. The topological polar surface area (TPSA) is 12.0 Å². The lowest BCUT2D eigenvalue weighted by Crippen LogP contribution is -2.24. The molecule has 1 aliphatic carbocycles. The van der Waals surface area contributed by atoms with E-state index in [1.165, 1.54) is 6.42 Å². The van der Waals surface area contributed by atoms with Crippen LogP contribution in [-0.2, 0) is 0 Å². The highest BCUT2D eigenvalue weighted by molar-refractivity contribution is 5.15. The van der Waals surface area contributed by atoms with Gasteiger partial charge in [-0.25, -0.2) is 0 Å². The molecule has 9 heavy (non-hydrogen) atoms. The minimum Gasteiger partial charge on any atom is -0.309 e. The lowest BCUT2D eigenvalue weighted by Gasteiger charge is -2.12. The van der Waals surface area contributed by atoms with Crippen molar-refractivity contribution in [3.8, 4) is 0 Å². The van der Waals surface area contributed by atoms with E-state index in [0.717, 1.165) is 12.5 Å². The van der Waals surface area contributed by atoms with Gasteiger partial charge >= 0.3 is 0 Å². The predicted octanol–water partition coefficient (Wildman–Crippen LogP) is 0.894. The second kappa shape index (κ2) is 1.99. The standard InChI is InChI=1S/C8H10N/c1-2-4-8-7(3-1)5-6-9-8/h1-3,7-9H,5-6H2. The van der Waals surface area contributed by atoms with Gasteiger partial charge in [0, 0.05) is 6.04 Å². The van der Waals surface area contributed by atoms with E-state index in [-0.39, 0.29) is 0 Å². The quantitative estimate of drug-likeness (QED) is 0.500. The molecule has 1 fully saturated rings. The fourth-order valence-corrected chi connectivity index (χ4v) is 1.47. The monoisotopic (exact) mass is 120 g/mol. The Balaban J connectivity index is 2.18. The first kappa shape index (κ1) is 5.24. The molecule has 2 unspecified atom stereocenters. The van der Waals surface area contributed by atoms with Crippen molar-refractivity contribution in [3.63, 3.8) is 0 Å². The second-order valence-corrected chi connectivity index (χ2v) is 2.60. The Hall–Kier alpha value is -0.560. The van der Waals surface area contributed by atoms with Crippen molar-refractivity contribution in [1.29, 1.82) is 0 Å². The van der Waals surface area contributed by atoms with Crippen LogP contribution in [0.5, 0.6) is 0 Å². The van der Waals surface area contributed by atoms with E-state index in [4.69, 9.17) is 0 Å². The van der Waals surface area contributed by atoms with Crippen LogP contribution in [0.2, 0.25) is 0 Å². The maximum absolute atomic E-state index is 3.36. The Kier molecular flexibility index (Phi) is 1.16. The molecule has 1 heteroatoms. The van der Waals surface area contributed by atoms with Crippen LogP contribution in [0.3, 0.4) is 0 Å². The summed E-state index contributed by atoms with van der Waals surface area (Å²) in [5.74, 6) is 0.731. The molecule has 2 aliphatic rings. The van der Waals surface area contributed by atoms with E-state index in [2.05, 4.69) is 23.5 Å². The van der Waals surface area contributed by atoms with Crippen molar-refractivity contribution < 1.29 is 0 Å². The molecule has 1 saturated heterocycles. The van der Waals surface area contributed by atoms with Gasteiger partial charge in [0.15, 0.2) is 0 Å². The summed E-state index contributed by atoms with van der Waals surface area (Å²) in [5, 5.41) is 3.36. The van der Waals surface area contributed by atoms with Crippen molar-refractivity contribution in [2.45, 2.75) is 12.5 Å². The lowest BCUT2D eigenvalue weighted by atomic mass is 9.97. The van der Waals surface area contributed by atoms with Gasteiger partial charge in [-0.1, -0.05) is 18.2 Å². The SMILES string of the molecule is [C]1=CC=CC2CCNC12. The molecule has 0 aromatic carbocycles. The summed E-state index contributed by atoms with van der Waals surface area (Å²) in [4.78, 5) is 0. The van der Waals surface area contributed by atoms with Crippen molar-refractivity contribution in [1.82, 2.24) is 5.32 Å². The third-order valence-corrected chi connectivity index (χ3v) is 2.00. The van der Waals surface area contributed by atoms with Crippen LogP contribution in [0.4, 0.5) is 0 Å². The molecule has 0 amide bonds. The van der Waals surface area contributed by atoms with Gasteiger partial charge in [-0.15, -0.1) is 0 Å². The third-order valence-electron chi connectivity index (χ3n) is 2.00. The fraction of sp³-hybridized carbons (Fsp3) is 0.500. The van der Waals surface area contributed by atoms with Gasteiger partial charge in [-0.3, -0.25) is 0 Å². The van der Waals surface area contributed by atoms with E-state index in [9.17, 15) is 0 Å². The van der Waals surface area contributed by atoms with Crippen LogP contribution in [-0.4, -0.2) is 12.6 Å². The Bertz CT molecular complexity index is 140. The number of fused-ring (bicyclic) bond motifs is 1. The second-order valence-electron chi connectivity index (χ2n) is 2.60. The first-order chi connectivity index (χ1) is 4.47. The average Bonchev–Trinajstić information content (AvgIpc) is 2.33. The smallest absolute Gasteiger partial charge is 0.0387 e. The Morgan fingerprint density at radius 1 is 1.56 bits per heavy atom. The van der Waals surface area contributed by atoms with Crippen LogP contribution in [0.25, 0.3) is 0 Å². The highest BCUT2D eigenvalue weighted by Gasteiger charge is 2.23. The minimum absolute atomic E-state index is 0.523. The van der Waals surface area contributed by atoms with Gasteiger partial charge in [0.2, 0.25) is 0 Å². The first-order valence-corrected chi connectivity index (χ1v) is 3.46. The van der Waals surface area contributed by atoms with Gasteiger partial charge in [-0.2, -0.15) is 0 Å². The summed E-state index contributed by atoms with van der Waals surface area (Å²) in [6.45, 7) is 1.15. The van der Waals surface area contributed by atoms with Crippen molar-refractivity contribution in [2.75, 3.05) is 6.54 Å². The zero-order chi connectivity index (χ0) is 6.10. The maximum atomic E-state index is 3.36. The molecule has 0 aromatic rings. The summed E-state index contributed by atoms with van der Waals surface area (Å²) < 4.78 is 0. The molecule has 1 aliphatic heterocycles. The van der Waals surface area contributed by atoms with E-state index in [0.29, 0.717) is 6.04 Å². The Morgan fingerprint density at radius 3 is 3.44 bits per heavy atom.